The van der Waals surface area contributed by atoms with E-state index in [1.807, 2.05) is 18.3 Å². The van der Waals surface area contributed by atoms with E-state index >= 15 is 0 Å². The van der Waals surface area contributed by atoms with Crippen LogP contribution in [0.5, 0.6) is 0 Å². The van der Waals surface area contributed by atoms with Crippen molar-refractivity contribution in [3.05, 3.63) is 70.4 Å². The summed E-state index contributed by atoms with van der Waals surface area (Å²) in [5.41, 5.74) is 6.89. The van der Waals surface area contributed by atoms with E-state index in [-0.39, 0.29) is 11.5 Å². The number of aromatic carboxylic acids is 1. The van der Waals surface area contributed by atoms with Gasteiger partial charge in [-0.3, -0.25) is 4.90 Å². The molecule has 2 aromatic carbocycles. The molecule has 1 atom stereocenters. The van der Waals surface area contributed by atoms with Crippen LogP contribution in [0.15, 0.2) is 42.6 Å². The topological polar surface area (TPSA) is 56.3 Å². The first-order valence-electron chi connectivity index (χ1n) is 9.41. The summed E-state index contributed by atoms with van der Waals surface area (Å²) in [7, 11) is 0. The summed E-state index contributed by atoms with van der Waals surface area (Å²) in [6.07, 6.45) is 2.02. The van der Waals surface area contributed by atoms with E-state index in [1.54, 1.807) is 12.1 Å². The highest BCUT2D eigenvalue weighted by atomic mass is 16.4. The molecule has 0 bridgehead atoms. The van der Waals surface area contributed by atoms with Crippen molar-refractivity contribution in [2.45, 2.75) is 40.3 Å². The first-order chi connectivity index (χ1) is 12.8. The van der Waals surface area contributed by atoms with Gasteiger partial charge in [0.1, 0.15) is 0 Å². The number of likely N-dealkylation sites (tertiary alicyclic amines) is 1. The highest BCUT2D eigenvalue weighted by molar-refractivity contribution is 5.88. The van der Waals surface area contributed by atoms with E-state index in [2.05, 4.69) is 49.7 Å². The van der Waals surface area contributed by atoms with Crippen LogP contribution >= 0.6 is 0 Å². The molecule has 1 saturated heterocycles. The summed E-state index contributed by atoms with van der Waals surface area (Å²) in [5.74, 6) is -0.878. The molecule has 1 fully saturated rings. The van der Waals surface area contributed by atoms with E-state index in [0.717, 1.165) is 13.1 Å². The second-order valence-corrected chi connectivity index (χ2v) is 8.48. The van der Waals surface area contributed by atoms with E-state index in [0.29, 0.717) is 5.56 Å². The van der Waals surface area contributed by atoms with Gasteiger partial charge in [-0.1, -0.05) is 32.0 Å². The largest absolute Gasteiger partial charge is 0.478 e. The molecule has 1 unspecified atom stereocenters. The third kappa shape index (κ3) is 2.94. The Kier molecular flexibility index (Phi) is 4.11. The van der Waals surface area contributed by atoms with E-state index < -0.39 is 5.97 Å². The van der Waals surface area contributed by atoms with Gasteiger partial charge in [-0.25, -0.2) is 4.79 Å². The number of rotatable bonds is 4. The number of fused-ring (bicyclic) bond motifs is 1. The predicted octanol–water partition coefficient (Wildman–Crippen LogP) is 5.07. The van der Waals surface area contributed by atoms with Crippen LogP contribution in [0.4, 0.5) is 0 Å². The molecule has 1 aliphatic heterocycles. The van der Waals surface area contributed by atoms with Crippen molar-refractivity contribution in [3.63, 3.8) is 0 Å². The Labute approximate surface area is 159 Å². The van der Waals surface area contributed by atoms with Crippen LogP contribution in [0.1, 0.15) is 52.5 Å². The Morgan fingerprint density at radius 1 is 1.19 bits per heavy atom. The number of H-pyrrole nitrogens is 1. The summed E-state index contributed by atoms with van der Waals surface area (Å²) in [6, 6.07) is 12.1. The summed E-state index contributed by atoms with van der Waals surface area (Å²) in [5, 5.41) is 10.5. The molecule has 3 aromatic rings. The van der Waals surface area contributed by atoms with Gasteiger partial charge in [-0.15, -0.1) is 0 Å². The van der Waals surface area contributed by atoms with Gasteiger partial charge in [0.2, 0.25) is 0 Å². The Hall–Kier alpha value is -2.59. The van der Waals surface area contributed by atoms with Crippen molar-refractivity contribution in [1.29, 1.82) is 0 Å². The molecule has 1 aromatic heterocycles. The summed E-state index contributed by atoms with van der Waals surface area (Å²) in [4.78, 5) is 17.0. The molecule has 0 saturated carbocycles. The van der Waals surface area contributed by atoms with Gasteiger partial charge in [0.25, 0.3) is 0 Å². The molecule has 140 valence electrons. The van der Waals surface area contributed by atoms with Crippen molar-refractivity contribution < 1.29 is 9.90 Å². The van der Waals surface area contributed by atoms with Crippen LogP contribution in [-0.4, -0.2) is 27.5 Å². The average molecular weight is 362 g/mol. The van der Waals surface area contributed by atoms with Gasteiger partial charge < -0.3 is 10.1 Å². The van der Waals surface area contributed by atoms with Gasteiger partial charge in [0.05, 0.1) is 5.56 Å². The highest BCUT2D eigenvalue weighted by Gasteiger charge is 2.46. The number of aromatic amines is 1. The quantitative estimate of drug-likeness (QED) is 0.681. The Balaban J connectivity index is 1.67. The minimum absolute atomic E-state index is 0.167. The number of nitrogens with zero attached hydrogens (tertiary/aromatic N) is 1. The molecule has 27 heavy (non-hydrogen) atoms. The van der Waals surface area contributed by atoms with Gasteiger partial charge >= 0.3 is 5.97 Å². The third-order valence-electron chi connectivity index (χ3n) is 5.93. The minimum atomic E-state index is -0.878. The van der Waals surface area contributed by atoms with Crippen LogP contribution in [0.25, 0.3) is 10.9 Å². The van der Waals surface area contributed by atoms with Crippen molar-refractivity contribution in [2.24, 2.45) is 5.41 Å². The number of aryl methyl sites for hydroxylation is 2. The monoisotopic (exact) mass is 362 g/mol. The first-order valence-corrected chi connectivity index (χ1v) is 9.41. The number of hydrogen-bond donors (Lipinski definition) is 2. The smallest absolute Gasteiger partial charge is 0.335 e. The second kappa shape index (κ2) is 6.24. The van der Waals surface area contributed by atoms with Crippen molar-refractivity contribution in [2.75, 3.05) is 6.54 Å². The zero-order valence-corrected chi connectivity index (χ0v) is 16.3. The number of carboxylic acids is 1. The lowest BCUT2D eigenvalue weighted by Gasteiger charge is -2.55. The minimum Gasteiger partial charge on any atom is -0.478 e. The Bertz CT molecular complexity index is 1010. The van der Waals surface area contributed by atoms with Gasteiger partial charge in [-0.2, -0.15) is 0 Å². The van der Waals surface area contributed by atoms with Crippen molar-refractivity contribution in [1.82, 2.24) is 9.88 Å². The molecule has 0 spiro atoms. The molecule has 1 aliphatic rings. The fraction of sp³-hybridized carbons (Fsp3) is 0.348. The molecule has 4 nitrogen and oxygen atoms in total. The van der Waals surface area contributed by atoms with Gasteiger partial charge in [-0.05, 0) is 59.7 Å². The lowest BCUT2D eigenvalue weighted by atomic mass is 9.71. The molecule has 0 amide bonds. The van der Waals surface area contributed by atoms with Gasteiger partial charge in [0, 0.05) is 36.2 Å². The van der Waals surface area contributed by atoms with Gasteiger partial charge in [0.15, 0.2) is 0 Å². The zero-order chi connectivity index (χ0) is 19.3. The molecule has 4 heteroatoms. The van der Waals surface area contributed by atoms with E-state index in [9.17, 15) is 4.79 Å². The maximum atomic E-state index is 11.1. The third-order valence-corrected chi connectivity index (χ3v) is 5.93. The van der Waals surface area contributed by atoms with E-state index in [1.165, 1.54) is 33.2 Å². The Morgan fingerprint density at radius 3 is 2.52 bits per heavy atom. The average Bonchev–Trinajstić information content (AvgIpc) is 3.08. The zero-order valence-electron chi connectivity index (χ0n) is 16.3. The molecule has 0 aliphatic carbocycles. The summed E-state index contributed by atoms with van der Waals surface area (Å²) < 4.78 is 0. The first kappa shape index (κ1) is 17.8. The number of hydrogen-bond acceptors (Lipinski definition) is 2. The van der Waals surface area contributed by atoms with Crippen LogP contribution in [0, 0.1) is 19.3 Å². The summed E-state index contributed by atoms with van der Waals surface area (Å²) >= 11 is 0. The number of carboxylic acid groups (broad SMARTS) is 1. The molecule has 2 heterocycles. The standard InChI is InChI=1S/C23H26N2O2/c1-14-11-15(2)20-18(9-10-24-20)19(14)12-25-13-23(3,4)21(25)16-5-7-17(8-6-16)22(26)27/h5-11,21,24H,12-13H2,1-4H3,(H,26,27). The molecule has 2 N–H and O–H groups in total. The molecular formula is C23H26N2O2. The van der Waals surface area contributed by atoms with Crippen molar-refractivity contribution >= 4 is 16.9 Å². The fourth-order valence-electron chi connectivity index (χ4n) is 4.76. The lowest BCUT2D eigenvalue weighted by Crippen LogP contribution is -2.54. The number of carbonyl (C=O) groups is 1. The normalized spacial score (nSPS) is 19.2. The molecule has 4 rings (SSSR count). The number of benzene rings is 2. The van der Waals surface area contributed by atoms with Crippen LogP contribution < -0.4 is 0 Å². The van der Waals surface area contributed by atoms with Crippen LogP contribution in [0.2, 0.25) is 0 Å². The number of nitrogens with one attached hydrogen (secondary N) is 1. The fourth-order valence-corrected chi connectivity index (χ4v) is 4.76. The molecule has 0 radical (unpaired) electrons. The number of aromatic nitrogens is 1. The highest BCUT2D eigenvalue weighted by Crippen LogP contribution is 2.49. The maximum absolute atomic E-state index is 11.1. The maximum Gasteiger partial charge on any atom is 0.335 e. The van der Waals surface area contributed by atoms with Crippen molar-refractivity contribution in [3.8, 4) is 0 Å². The summed E-state index contributed by atoms with van der Waals surface area (Å²) in [6.45, 7) is 10.8. The van der Waals surface area contributed by atoms with Crippen LogP contribution in [0.3, 0.4) is 0 Å². The van der Waals surface area contributed by atoms with Crippen LogP contribution in [-0.2, 0) is 6.54 Å². The lowest BCUT2D eigenvalue weighted by molar-refractivity contribution is -0.0586. The second-order valence-electron chi connectivity index (χ2n) is 8.48. The molecular weight excluding hydrogens is 336 g/mol. The van der Waals surface area contributed by atoms with E-state index in [4.69, 9.17) is 5.11 Å². The Morgan fingerprint density at radius 2 is 1.89 bits per heavy atom. The SMILES string of the molecule is Cc1cc(C)c2[nH]ccc2c1CN1CC(C)(C)C1c1ccc(C(=O)O)cc1. The predicted molar refractivity (Wildman–Crippen MR) is 108 cm³/mol.